The number of thiophene rings is 1. The van der Waals surface area contributed by atoms with Crippen molar-refractivity contribution in [2.45, 2.75) is 6.04 Å². The molecule has 6 heteroatoms. The Morgan fingerprint density at radius 3 is 2.86 bits per heavy atom. The zero-order valence-corrected chi connectivity index (χ0v) is 12.5. The number of hydrogen-bond donors (Lipinski definition) is 2. The van der Waals surface area contributed by atoms with E-state index in [9.17, 15) is 4.79 Å². The number of furan rings is 1. The molecule has 3 heterocycles. The fourth-order valence-electron chi connectivity index (χ4n) is 2.61. The molecule has 1 atom stereocenters. The standard InChI is InChI=1S/C15H18N2O3S/c18-15(13-3-1-7-20-13)16-11-12(14-4-2-10-21-14)17-5-8-19-9-6-17/h1-4,7,10,12H,5-6,8-9,11H2,(H,16,18)/p+1/t12-/m0/s1. The van der Waals surface area contributed by atoms with Gasteiger partial charge in [-0.1, -0.05) is 6.07 Å². The average Bonchev–Trinajstić information content (AvgIpc) is 3.22. The Bertz CT molecular complexity index is 548. The first kappa shape index (κ1) is 14.3. The Kier molecular flexibility index (Phi) is 4.69. The number of quaternary nitrogens is 1. The van der Waals surface area contributed by atoms with Crippen molar-refractivity contribution in [3.8, 4) is 0 Å². The van der Waals surface area contributed by atoms with E-state index in [2.05, 4.69) is 22.8 Å². The Morgan fingerprint density at radius 2 is 2.19 bits per heavy atom. The van der Waals surface area contributed by atoms with Crippen molar-refractivity contribution < 1.29 is 18.8 Å². The molecule has 0 bridgehead atoms. The van der Waals surface area contributed by atoms with Gasteiger partial charge in [0.15, 0.2) is 5.76 Å². The monoisotopic (exact) mass is 307 g/mol. The van der Waals surface area contributed by atoms with Crippen LogP contribution in [0.2, 0.25) is 0 Å². The number of carbonyl (C=O) groups is 1. The number of amides is 1. The third kappa shape index (κ3) is 3.53. The van der Waals surface area contributed by atoms with Crippen molar-refractivity contribution in [2.75, 3.05) is 32.8 Å². The largest absolute Gasteiger partial charge is 0.459 e. The molecule has 1 aliphatic heterocycles. The van der Waals surface area contributed by atoms with E-state index in [0.717, 1.165) is 26.3 Å². The zero-order valence-electron chi connectivity index (χ0n) is 11.7. The molecule has 1 saturated heterocycles. The van der Waals surface area contributed by atoms with Gasteiger partial charge in [-0.15, -0.1) is 11.3 Å². The molecule has 1 amide bonds. The summed E-state index contributed by atoms with van der Waals surface area (Å²) in [6.45, 7) is 4.11. The topological polar surface area (TPSA) is 55.9 Å². The van der Waals surface area contributed by atoms with E-state index in [-0.39, 0.29) is 11.9 Å². The Hall–Kier alpha value is -1.63. The van der Waals surface area contributed by atoms with Gasteiger partial charge in [0, 0.05) is 0 Å². The minimum absolute atomic E-state index is 0.158. The lowest BCUT2D eigenvalue weighted by Crippen LogP contribution is -3.15. The number of hydrogen-bond acceptors (Lipinski definition) is 4. The Labute approximate surface area is 127 Å². The SMILES string of the molecule is O=C(NC[C@@H](c1cccs1)[NH+]1CCOCC1)c1ccco1. The molecule has 1 aliphatic rings. The molecule has 0 aliphatic carbocycles. The van der Waals surface area contributed by atoms with Gasteiger partial charge in [-0.3, -0.25) is 4.79 Å². The van der Waals surface area contributed by atoms with Crippen molar-refractivity contribution in [1.82, 2.24) is 5.32 Å². The predicted octanol–water partition coefficient (Wildman–Crippen LogP) is 0.727. The first-order valence-corrected chi connectivity index (χ1v) is 8.00. The summed E-state index contributed by atoms with van der Waals surface area (Å²) >= 11 is 1.74. The molecule has 21 heavy (non-hydrogen) atoms. The van der Waals surface area contributed by atoms with Crippen molar-refractivity contribution in [3.63, 3.8) is 0 Å². The Morgan fingerprint density at radius 1 is 1.33 bits per heavy atom. The first-order chi connectivity index (χ1) is 10.3. The maximum absolute atomic E-state index is 12.0. The van der Waals surface area contributed by atoms with Crippen LogP contribution in [0.1, 0.15) is 21.5 Å². The second kappa shape index (κ2) is 6.89. The minimum atomic E-state index is -0.158. The Balaban J connectivity index is 1.66. The molecule has 0 aromatic carbocycles. The normalized spacial score (nSPS) is 17.5. The van der Waals surface area contributed by atoms with Gasteiger partial charge in [0.1, 0.15) is 19.1 Å². The van der Waals surface area contributed by atoms with Crippen LogP contribution in [-0.2, 0) is 4.74 Å². The van der Waals surface area contributed by atoms with Gasteiger partial charge >= 0.3 is 0 Å². The molecule has 112 valence electrons. The lowest BCUT2D eigenvalue weighted by Gasteiger charge is -2.31. The summed E-state index contributed by atoms with van der Waals surface area (Å²) in [5.74, 6) is 0.200. The van der Waals surface area contributed by atoms with E-state index >= 15 is 0 Å². The van der Waals surface area contributed by atoms with Gasteiger partial charge in [-0.05, 0) is 23.6 Å². The zero-order chi connectivity index (χ0) is 14.5. The molecule has 0 saturated carbocycles. The summed E-state index contributed by atoms with van der Waals surface area (Å²) < 4.78 is 10.6. The molecule has 0 spiro atoms. The second-order valence-corrected chi connectivity index (χ2v) is 6.01. The quantitative estimate of drug-likeness (QED) is 0.856. The van der Waals surface area contributed by atoms with Gasteiger partial charge in [0.25, 0.3) is 5.91 Å². The van der Waals surface area contributed by atoms with E-state index in [4.69, 9.17) is 9.15 Å². The van der Waals surface area contributed by atoms with Crippen LogP contribution in [0.4, 0.5) is 0 Å². The van der Waals surface area contributed by atoms with E-state index < -0.39 is 0 Å². The van der Waals surface area contributed by atoms with E-state index in [1.54, 1.807) is 23.5 Å². The van der Waals surface area contributed by atoms with Crippen molar-refractivity contribution >= 4 is 17.2 Å². The van der Waals surface area contributed by atoms with E-state index in [0.29, 0.717) is 12.3 Å². The van der Waals surface area contributed by atoms with Crippen LogP contribution < -0.4 is 10.2 Å². The van der Waals surface area contributed by atoms with Gasteiger partial charge in [-0.25, -0.2) is 0 Å². The van der Waals surface area contributed by atoms with Crippen LogP contribution in [0.25, 0.3) is 0 Å². The van der Waals surface area contributed by atoms with Crippen LogP contribution >= 0.6 is 11.3 Å². The summed E-state index contributed by atoms with van der Waals surface area (Å²) in [4.78, 5) is 14.8. The summed E-state index contributed by atoms with van der Waals surface area (Å²) in [7, 11) is 0. The number of carbonyl (C=O) groups excluding carboxylic acids is 1. The number of morpholine rings is 1. The number of nitrogens with one attached hydrogen (secondary N) is 2. The maximum Gasteiger partial charge on any atom is 0.287 e. The van der Waals surface area contributed by atoms with E-state index in [1.165, 1.54) is 16.0 Å². The average molecular weight is 307 g/mol. The van der Waals surface area contributed by atoms with Gasteiger partial charge in [-0.2, -0.15) is 0 Å². The minimum Gasteiger partial charge on any atom is -0.459 e. The highest BCUT2D eigenvalue weighted by atomic mass is 32.1. The molecular weight excluding hydrogens is 288 g/mol. The molecule has 0 radical (unpaired) electrons. The molecule has 2 aromatic heterocycles. The summed E-state index contributed by atoms with van der Waals surface area (Å²) in [6.07, 6.45) is 1.51. The van der Waals surface area contributed by atoms with Crippen LogP contribution in [0, 0.1) is 0 Å². The number of rotatable bonds is 5. The highest BCUT2D eigenvalue weighted by Gasteiger charge is 2.27. The number of ether oxygens (including phenoxy) is 1. The molecule has 1 fully saturated rings. The molecular formula is C15H19N2O3S+. The fraction of sp³-hybridized carbons (Fsp3) is 0.400. The second-order valence-electron chi connectivity index (χ2n) is 5.03. The lowest BCUT2D eigenvalue weighted by atomic mass is 10.2. The van der Waals surface area contributed by atoms with Crippen molar-refractivity contribution in [2.24, 2.45) is 0 Å². The molecule has 0 unspecified atom stereocenters. The van der Waals surface area contributed by atoms with Crippen LogP contribution in [-0.4, -0.2) is 38.8 Å². The predicted molar refractivity (Wildman–Crippen MR) is 79.6 cm³/mol. The van der Waals surface area contributed by atoms with Gasteiger partial charge in [0.05, 0.1) is 30.9 Å². The maximum atomic E-state index is 12.0. The molecule has 5 nitrogen and oxygen atoms in total. The smallest absolute Gasteiger partial charge is 0.287 e. The van der Waals surface area contributed by atoms with Crippen LogP contribution in [0.5, 0.6) is 0 Å². The summed E-state index contributed by atoms with van der Waals surface area (Å²) in [6, 6.07) is 7.86. The highest BCUT2D eigenvalue weighted by molar-refractivity contribution is 7.10. The van der Waals surface area contributed by atoms with Crippen molar-refractivity contribution in [1.29, 1.82) is 0 Å². The first-order valence-electron chi connectivity index (χ1n) is 7.12. The van der Waals surface area contributed by atoms with Crippen molar-refractivity contribution in [3.05, 3.63) is 46.5 Å². The van der Waals surface area contributed by atoms with Gasteiger partial charge in [0.2, 0.25) is 0 Å². The molecule has 2 N–H and O–H groups in total. The molecule has 2 aromatic rings. The van der Waals surface area contributed by atoms with Crippen LogP contribution in [0.15, 0.2) is 40.3 Å². The highest BCUT2D eigenvalue weighted by Crippen LogP contribution is 2.16. The third-order valence-electron chi connectivity index (χ3n) is 3.73. The molecule has 3 rings (SSSR count). The fourth-order valence-corrected chi connectivity index (χ4v) is 3.49. The third-order valence-corrected chi connectivity index (χ3v) is 4.71. The van der Waals surface area contributed by atoms with E-state index in [1.807, 2.05) is 0 Å². The summed E-state index contributed by atoms with van der Waals surface area (Å²) in [5.41, 5.74) is 0. The summed E-state index contributed by atoms with van der Waals surface area (Å²) in [5, 5.41) is 5.06. The van der Waals surface area contributed by atoms with Crippen LogP contribution in [0.3, 0.4) is 0 Å². The van der Waals surface area contributed by atoms with Gasteiger partial charge < -0.3 is 19.4 Å². The lowest BCUT2D eigenvalue weighted by molar-refractivity contribution is -0.937.